The third-order valence-electron chi connectivity index (χ3n) is 3.92. The Hall–Kier alpha value is -1.39. The maximum Gasteiger partial charge on any atom is 0.310 e. The average Bonchev–Trinajstić information content (AvgIpc) is 2.36. The summed E-state index contributed by atoms with van der Waals surface area (Å²) in [5, 5.41) is 22.1. The first-order valence-corrected chi connectivity index (χ1v) is 6.75. The highest BCUT2D eigenvalue weighted by molar-refractivity contribution is 5.75. The minimum atomic E-state index is -0.807. The molecule has 1 aromatic rings. The van der Waals surface area contributed by atoms with Crippen molar-refractivity contribution in [2.75, 3.05) is 6.54 Å². The van der Waals surface area contributed by atoms with Gasteiger partial charge in [0.25, 0.3) is 0 Å². The molecular weight excluding hydrogens is 242 g/mol. The summed E-state index contributed by atoms with van der Waals surface area (Å²) in [6.45, 7) is 3.01. The van der Waals surface area contributed by atoms with Gasteiger partial charge in [-0.1, -0.05) is 24.3 Å². The molecule has 1 aromatic carbocycles. The first-order valence-electron chi connectivity index (χ1n) is 6.75. The molecule has 0 heterocycles. The number of carboxylic acids is 1. The Bertz CT molecular complexity index is 437. The highest BCUT2D eigenvalue weighted by Crippen LogP contribution is 2.30. The summed E-state index contributed by atoms with van der Waals surface area (Å²) in [5.74, 6) is -1.28. The molecule has 19 heavy (non-hydrogen) atoms. The Kier molecular flexibility index (Phi) is 4.22. The molecule has 4 heteroatoms. The number of nitrogens with one attached hydrogen (secondary N) is 1. The first-order chi connectivity index (χ1) is 9.00. The van der Waals surface area contributed by atoms with Crippen LogP contribution >= 0.6 is 0 Å². The summed E-state index contributed by atoms with van der Waals surface area (Å²) in [6.07, 6.45) is 2.88. The summed E-state index contributed by atoms with van der Waals surface area (Å²) in [7, 11) is 0. The zero-order chi connectivity index (χ0) is 13.9. The van der Waals surface area contributed by atoms with Crippen LogP contribution < -0.4 is 5.32 Å². The fraction of sp³-hybridized carbons (Fsp3) is 0.533. The van der Waals surface area contributed by atoms with Gasteiger partial charge >= 0.3 is 5.97 Å². The molecule has 1 fully saturated rings. The minimum absolute atomic E-state index is 0.474. The molecular formula is C15H21NO3. The number of carboxylic acid groups (broad SMARTS) is 1. The number of aliphatic carboxylic acids is 1. The maximum atomic E-state index is 10.9. The van der Waals surface area contributed by atoms with E-state index in [-0.39, 0.29) is 0 Å². The van der Waals surface area contributed by atoms with Gasteiger partial charge in [0.15, 0.2) is 0 Å². The lowest BCUT2D eigenvalue weighted by molar-refractivity contribution is -0.138. The topological polar surface area (TPSA) is 69.6 Å². The van der Waals surface area contributed by atoms with Crippen molar-refractivity contribution in [2.24, 2.45) is 0 Å². The smallest absolute Gasteiger partial charge is 0.310 e. The van der Waals surface area contributed by atoms with Gasteiger partial charge in [-0.25, -0.2) is 0 Å². The molecule has 0 aliphatic heterocycles. The summed E-state index contributed by atoms with van der Waals surface area (Å²) in [6, 6.07) is 7.58. The van der Waals surface area contributed by atoms with Gasteiger partial charge in [-0.05, 0) is 37.3 Å². The van der Waals surface area contributed by atoms with Crippen molar-refractivity contribution in [1.29, 1.82) is 0 Å². The van der Waals surface area contributed by atoms with Gasteiger partial charge < -0.3 is 15.5 Å². The van der Waals surface area contributed by atoms with Crippen LogP contribution in [0.4, 0.5) is 0 Å². The monoisotopic (exact) mass is 263 g/mol. The van der Waals surface area contributed by atoms with Crippen LogP contribution in [-0.2, 0) is 11.3 Å². The second kappa shape index (κ2) is 5.72. The van der Waals surface area contributed by atoms with E-state index in [0.717, 1.165) is 30.4 Å². The second-order valence-electron chi connectivity index (χ2n) is 5.48. The summed E-state index contributed by atoms with van der Waals surface area (Å²) in [4.78, 5) is 10.9. The van der Waals surface area contributed by atoms with Crippen molar-refractivity contribution < 1.29 is 15.0 Å². The van der Waals surface area contributed by atoms with Crippen molar-refractivity contribution >= 4 is 5.97 Å². The Morgan fingerprint density at radius 2 is 2.00 bits per heavy atom. The van der Waals surface area contributed by atoms with Gasteiger partial charge in [0.1, 0.15) is 0 Å². The van der Waals surface area contributed by atoms with Gasteiger partial charge in [-0.2, -0.15) is 0 Å². The predicted octanol–water partition coefficient (Wildman–Crippen LogP) is 1.88. The number of carbonyl (C=O) groups is 1. The van der Waals surface area contributed by atoms with Gasteiger partial charge in [0, 0.05) is 13.1 Å². The molecule has 104 valence electrons. The van der Waals surface area contributed by atoms with Crippen LogP contribution in [0.2, 0.25) is 0 Å². The molecule has 1 unspecified atom stereocenters. The van der Waals surface area contributed by atoms with Gasteiger partial charge in [-0.15, -0.1) is 0 Å². The molecule has 3 N–H and O–H groups in total. The fourth-order valence-corrected chi connectivity index (χ4v) is 2.27. The lowest BCUT2D eigenvalue weighted by atomic mass is 9.80. The lowest BCUT2D eigenvalue weighted by Gasteiger charge is -2.36. The third kappa shape index (κ3) is 3.55. The predicted molar refractivity (Wildman–Crippen MR) is 73.0 cm³/mol. The van der Waals surface area contributed by atoms with Gasteiger partial charge in [-0.3, -0.25) is 4.79 Å². The zero-order valence-corrected chi connectivity index (χ0v) is 11.2. The molecule has 2 rings (SSSR count). The quantitative estimate of drug-likeness (QED) is 0.733. The minimum Gasteiger partial charge on any atom is -0.481 e. The van der Waals surface area contributed by atoms with Crippen LogP contribution in [0, 0.1) is 0 Å². The van der Waals surface area contributed by atoms with E-state index in [2.05, 4.69) is 5.32 Å². The normalized spacial score (nSPS) is 18.6. The molecule has 1 atom stereocenters. The maximum absolute atomic E-state index is 10.9. The van der Waals surface area contributed by atoms with E-state index in [0.29, 0.717) is 13.1 Å². The van der Waals surface area contributed by atoms with E-state index in [9.17, 15) is 9.90 Å². The summed E-state index contributed by atoms with van der Waals surface area (Å²) >= 11 is 0. The summed E-state index contributed by atoms with van der Waals surface area (Å²) in [5.41, 5.74) is 1.41. The van der Waals surface area contributed by atoms with Crippen LogP contribution in [0.25, 0.3) is 0 Å². The van der Waals surface area contributed by atoms with Crippen LogP contribution in [0.1, 0.15) is 43.2 Å². The number of rotatable bonds is 6. The van der Waals surface area contributed by atoms with E-state index in [1.54, 1.807) is 6.92 Å². The molecule has 0 saturated heterocycles. The Morgan fingerprint density at radius 1 is 1.37 bits per heavy atom. The molecule has 1 aliphatic rings. The van der Waals surface area contributed by atoms with Crippen LogP contribution in [0.15, 0.2) is 24.3 Å². The van der Waals surface area contributed by atoms with Crippen molar-refractivity contribution in [1.82, 2.24) is 5.32 Å². The number of benzene rings is 1. The molecule has 1 aliphatic carbocycles. The highest BCUT2D eigenvalue weighted by atomic mass is 16.4. The molecule has 0 bridgehead atoms. The summed E-state index contributed by atoms with van der Waals surface area (Å²) < 4.78 is 0. The van der Waals surface area contributed by atoms with Crippen LogP contribution in [-0.4, -0.2) is 28.3 Å². The Morgan fingerprint density at radius 3 is 2.47 bits per heavy atom. The van der Waals surface area contributed by atoms with Crippen molar-refractivity contribution in [3.63, 3.8) is 0 Å². The lowest BCUT2D eigenvalue weighted by Crippen LogP contribution is -2.45. The first kappa shape index (κ1) is 14.0. The van der Waals surface area contributed by atoms with Crippen molar-refractivity contribution in [3.8, 4) is 0 Å². The number of hydrogen-bond donors (Lipinski definition) is 3. The molecule has 0 amide bonds. The van der Waals surface area contributed by atoms with Crippen molar-refractivity contribution in [3.05, 3.63) is 35.4 Å². The molecule has 0 radical (unpaired) electrons. The van der Waals surface area contributed by atoms with E-state index in [4.69, 9.17) is 5.11 Å². The number of aliphatic hydroxyl groups is 1. The fourth-order valence-electron chi connectivity index (χ4n) is 2.27. The highest BCUT2D eigenvalue weighted by Gasteiger charge is 2.33. The van der Waals surface area contributed by atoms with E-state index >= 15 is 0 Å². The molecule has 1 saturated carbocycles. The van der Waals surface area contributed by atoms with Crippen molar-refractivity contribution in [2.45, 2.75) is 44.2 Å². The van der Waals surface area contributed by atoms with Gasteiger partial charge in [0.05, 0.1) is 11.5 Å². The SMILES string of the molecule is CC(C(=O)O)c1ccc(CNCC2(O)CCC2)cc1. The Balaban J connectivity index is 1.83. The zero-order valence-electron chi connectivity index (χ0n) is 11.2. The van der Waals surface area contributed by atoms with E-state index < -0.39 is 17.5 Å². The van der Waals surface area contributed by atoms with Crippen LogP contribution in [0.3, 0.4) is 0 Å². The van der Waals surface area contributed by atoms with Gasteiger partial charge in [0.2, 0.25) is 0 Å². The molecule has 0 aromatic heterocycles. The van der Waals surface area contributed by atoms with E-state index in [1.165, 1.54) is 0 Å². The molecule has 4 nitrogen and oxygen atoms in total. The van der Waals surface area contributed by atoms with Crippen LogP contribution in [0.5, 0.6) is 0 Å². The largest absolute Gasteiger partial charge is 0.481 e. The third-order valence-corrected chi connectivity index (χ3v) is 3.92. The standard InChI is InChI=1S/C15H21NO3/c1-11(14(17)18)13-5-3-12(4-6-13)9-16-10-15(19)7-2-8-15/h3-6,11,16,19H,2,7-10H2,1H3,(H,17,18). The average molecular weight is 263 g/mol. The Labute approximate surface area is 113 Å². The van der Waals surface area contributed by atoms with E-state index in [1.807, 2.05) is 24.3 Å². The molecule has 0 spiro atoms. The second-order valence-corrected chi connectivity index (χ2v) is 5.48. The number of hydrogen-bond acceptors (Lipinski definition) is 3.